The van der Waals surface area contributed by atoms with Crippen LogP contribution in [0.25, 0.3) is 0 Å². The van der Waals surface area contributed by atoms with Gasteiger partial charge in [-0.05, 0) is 54.8 Å². The standard InChI is InChI=1S/C23H28N4O2/c1-27(2)21-14-8-17(9-15-21)16-24-26-23(29)19-10-12-20(13-11-19)25-22(28)18-6-4-3-5-7-18/h8-16,18H,3-7H2,1-2H3,(H,25,28)(H,26,29)/b24-16+. The fourth-order valence-corrected chi connectivity index (χ4v) is 3.40. The molecule has 0 aliphatic heterocycles. The predicted molar refractivity (Wildman–Crippen MR) is 117 cm³/mol. The summed E-state index contributed by atoms with van der Waals surface area (Å²) in [5.41, 5.74) is 5.72. The van der Waals surface area contributed by atoms with Gasteiger partial charge in [-0.1, -0.05) is 31.4 Å². The van der Waals surface area contributed by atoms with E-state index in [2.05, 4.69) is 15.8 Å². The molecule has 0 bridgehead atoms. The van der Waals surface area contributed by atoms with Gasteiger partial charge in [-0.25, -0.2) is 5.43 Å². The van der Waals surface area contributed by atoms with E-state index in [1.165, 1.54) is 6.42 Å². The molecule has 2 N–H and O–H groups in total. The van der Waals surface area contributed by atoms with Gasteiger partial charge in [0.15, 0.2) is 0 Å². The molecule has 2 aromatic rings. The van der Waals surface area contributed by atoms with Crippen LogP contribution in [-0.4, -0.2) is 32.1 Å². The minimum absolute atomic E-state index is 0.0757. The van der Waals surface area contributed by atoms with Gasteiger partial charge in [-0.3, -0.25) is 9.59 Å². The number of nitrogens with one attached hydrogen (secondary N) is 2. The molecule has 1 aliphatic rings. The van der Waals surface area contributed by atoms with Crippen molar-refractivity contribution >= 4 is 29.4 Å². The second-order valence-electron chi connectivity index (χ2n) is 7.59. The van der Waals surface area contributed by atoms with E-state index < -0.39 is 0 Å². The maximum absolute atomic E-state index is 12.3. The smallest absolute Gasteiger partial charge is 0.271 e. The number of anilines is 2. The van der Waals surface area contributed by atoms with Crippen LogP contribution in [0.5, 0.6) is 0 Å². The first-order valence-corrected chi connectivity index (χ1v) is 10.0. The highest BCUT2D eigenvalue weighted by Gasteiger charge is 2.21. The van der Waals surface area contributed by atoms with E-state index in [1.807, 2.05) is 43.3 Å². The lowest BCUT2D eigenvalue weighted by atomic mass is 9.88. The summed E-state index contributed by atoms with van der Waals surface area (Å²) in [7, 11) is 3.96. The lowest BCUT2D eigenvalue weighted by Crippen LogP contribution is -2.24. The Kier molecular flexibility index (Phi) is 7.00. The van der Waals surface area contributed by atoms with Crippen molar-refractivity contribution in [3.05, 3.63) is 59.7 Å². The van der Waals surface area contributed by atoms with Gasteiger partial charge in [0.05, 0.1) is 6.21 Å². The molecule has 2 aromatic carbocycles. The molecule has 1 aliphatic carbocycles. The number of rotatable bonds is 6. The van der Waals surface area contributed by atoms with Crippen molar-refractivity contribution in [3.63, 3.8) is 0 Å². The maximum Gasteiger partial charge on any atom is 0.271 e. The van der Waals surface area contributed by atoms with Crippen molar-refractivity contribution in [2.75, 3.05) is 24.3 Å². The van der Waals surface area contributed by atoms with Gasteiger partial charge in [-0.2, -0.15) is 5.10 Å². The molecule has 1 fully saturated rings. The number of benzene rings is 2. The maximum atomic E-state index is 12.3. The molecular weight excluding hydrogens is 364 g/mol. The van der Waals surface area contributed by atoms with E-state index in [9.17, 15) is 9.59 Å². The van der Waals surface area contributed by atoms with Crippen LogP contribution < -0.4 is 15.6 Å². The highest BCUT2D eigenvalue weighted by molar-refractivity contribution is 5.96. The number of carbonyl (C=O) groups is 2. The Hall–Kier alpha value is -3.15. The zero-order valence-electron chi connectivity index (χ0n) is 17.0. The Morgan fingerprint density at radius 1 is 0.966 bits per heavy atom. The van der Waals surface area contributed by atoms with Crippen LogP contribution in [0.3, 0.4) is 0 Å². The SMILES string of the molecule is CN(C)c1ccc(/C=N/NC(=O)c2ccc(NC(=O)C3CCCCC3)cc2)cc1. The van der Waals surface area contributed by atoms with E-state index in [-0.39, 0.29) is 17.7 Å². The van der Waals surface area contributed by atoms with Crippen molar-refractivity contribution in [1.82, 2.24) is 5.43 Å². The van der Waals surface area contributed by atoms with Crippen LogP contribution in [0.15, 0.2) is 53.6 Å². The second-order valence-corrected chi connectivity index (χ2v) is 7.59. The Morgan fingerprint density at radius 3 is 2.24 bits per heavy atom. The van der Waals surface area contributed by atoms with E-state index in [4.69, 9.17) is 0 Å². The summed E-state index contributed by atoms with van der Waals surface area (Å²) in [5, 5.41) is 6.97. The molecular formula is C23H28N4O2. The number of carbonyl (C=O) groups excluding carboxylic acids is 2. The Labute approximate surface area is 172 Å². The van der Waals surface area contributed by atoms with Crippen LogP contribution in [0.1, 0.15) is 48.0 Å². The summed E-state index contributed by atoms with van der Waals surface area (Å²) in [6.07, 6.45) is 6.99. The average molecular weight is 393 g/mol. The van der Waals surface area contributed by atoms with Gasteiger partial charge in [0.2, 0.25) is 5.91 Å². The van der Waals surface area contributed by atoms with Crippen LogP contribution in [0.4, 0.5) is 11.4 Å². The number of hydrogen-bond acceptors (Lipinski definition) is 4. The van der Waals surface area contributed by atoms with E-state index >= 15 is 0 Å². The molecule has 2 amide bonds. The van der Waals surface area contributed by atoms with Gasteiger partial charge in [0.1, 0.15) is 0 Å². The first-order valence-electron chi connectivity index (χ1n) is 10.0. The topological polar surface area (TPSA) is 73.8 Å². The molecule has 0 atom stereocenters. The van der Waals surface area contributed by atoms with Crippen molar-refractivity contribution in [3.8, 4) is 0 Å². The lowest BCUT2D eigenvalue weighted by Gasteiger charge is -2.20. The monoisotopic (exact) mass is 392 g/mol. The van der Waals surface area contributed by atoms with Gasteiger partial charge < -0.3 is 10.2 Å². The third kappa shape index (κ3) is 5.91. The molecule has 0 unspecified atom stereocenters. The minimum Gasteiger partial charge on any atom is -0.378 e. The van der Waals surface area contributed by atoms with Crippen molar-refractivity contribution in [1.29, 1.82) is 0 Å². The molecule has 29 heavy (non-hydrogen) atoms. The van der Waals surface area contributed by atoms with Crippen LogP contribution in [0.2, 0.25) is 0 Å². The minimum atomic E-state index is -0.295. The number of hydrogen-bond donors (Lipinski definition) is 2. The van der Waals surface area contributed by atoms with E-state index in [0.29, 0.717) is 11.3 Å². The second kappa shape index (κ2) is 9.87. The van der Waals surface area contributed by atoms with Crippen LogP contribution in [0, 0.1) is 5.92 Å². The summed E-state index contributed by atoms with van der Waals surface area (Å²) in [5.74, 6) is -0.115. The molecule has 6 heteroatoms. The molecule has 1 saturated carbocycles. The fraction of sp³-hybridized carbons (Fsp3) is 0.348. The van der Waals surface area contributed by atoms with Crippen molar-refractivity contribution in [2.24, 2.45) is 11.0 Å². The van der Waals surface area contributed by atoms with Gasteiger partial charge >= 0.3 is 0 Å². The Balaban J connectivity index is 1.51. The summed E-state index contributed by atoms with van der Waals surface area (Å²) < 4.78 is 0. The molecule has 0 aromatic heterocycles. The van der Waals surface area contributed by atoms with E-state index in [0.717, 1.165) is 36.9 Å². The average Bonchev–Trinajstić information content (AvgIpc) is 2.75. The number of amides is 2. The van der Waals surface area contributed by atoms with Crippen molar-refractivity contribution in [2.45, 2.75) is 32.1 Å². The Morgan fingerprint density at radius 2 is 1.62 bits per heavy atom. The first kappa shape index (κ1) is 20.6. The predicted octanol–water partition coefficient (Wildman–Crippen LogP) is 4.04. The third-order valence-corrected chi connectivity index (χ3v) is 5.18. The van der Waals surface area contributed by atoms with Crippen LogP contribution in [-0.2, 0) is 4.79 Å². The molecule has 0 spiro atoms. The zero-order chi connectivity index (χ0) is 20.6. The van der Waals surface area contributed by atoms with Gasteiger partial charge in [-0.15, -0.1) is 0 Å². The first-order chi connectivity index (χ1) is 14.0. The van der Waals surface area contributed by atoms with Gasteiger partial charge in [0, 0.05) is 37.0 Å². The summed E-state index contributed by atoms with van der Waals surface area (Å²) in [6.45, 7) is 0. The molecule has 6 nitrogen and oxygen atoms in total. The van der Waals surface area contributed by atoms with E-state index in [1.54, 1.807) is 30.5 Å². The third-order valence-electron chi connectivity index (χ3n) is 5.18. The molecule has 152 valence electrons. The molecule has 0 heterocycles. The highest BCUT2D eigenvalue weighted by Crippen LogP contribution is 2.25. The van der Waals surface area contributed by atoms with Crippen molar-refractivity contribution < 1.29 is 9.59 Å². The largest absolute Gasteiger partial charge is 0.378 e. The summed E-state index contributed by atoms with van der Waals surface area (Å²) in [4.78, 5) is 26.6. The normalized spacial score (nSPS) is 14.6. The zero-order valence-corrected chi connectivity index (χ0v) is 17.0. The number of hydrazone groups is 1. The summed E-state index contributed by atoms with van der Waals surface area (Å²) in [6, 6.07) is 14.7. The molecule has 3 rings (SSSR count). The highest BCUT2D eigenvalue weighted by atomic mass is 16.2. The summed E-state index contributed by atoms with van der Waals surface area (Å²) >= 11 is 0. The van der Waals surface area contributed by atoms with Gasteiger partial charge in [0.25, 0.3) is 5.91 Å². The molecule has 0 radical (unpaired) electrons. The quantitative estimate of drug-likeness (QED) is 0.576. The Bertz CT molecular complexity index is 851. The number of nitrogens with zero attached hydrogens (tertiary/aromatic N) is 2. The van der Waals surface area contributed by atoms with Crippen LogP contribution >= 0.6 is 0 Å². The lowest BCUT2D eigenvalue weighted by molar-refractivity contribution is -0.120. The fourth-order valence-electron chi connectivity index (χ4n) is 3.40. The molecule has 0 saturated heterocycles.